The molecule has 7 nitrogen and oxygen atoms in total. The van der Waals surface area contributed by atoms with Crippen LogP contribution in [0.2, 0.25) is 0 Å². The average molecular weight is 414 g/mol. The largest absolute Gasteiger partial charge is 1.00 e. The Morgan fingerprint density at radius 2 is 1.54 bits per heavy atom. The molecule has 0 saturated heterocycles. The van der Waals surface area contributed by atoms with Gasteiger partial charge in [0, 0.05) is 29.3 Å². The van der Waals surface area contributed by atoms with Crippen molar-refractivity contribution in [2.24, 2.45) is 0 Å². The van der Waals surface area contributed by atoms with Crippen molar-refractivity contribution in [2.45, 2.75) is 18.7 Å². The topological polar surface area (TPSA) is 109 Å². The van der Waals surface area contributed by atoms with Gasteiger partial charge in [-0.1, -0.05) is 6.92 Å². The molecule has 0 spiro atoms. The maximum Gasteiger partial charge on any atom is 1.00 e. The van der Waals surface area contributed by atoms with Gasteiger partial charge in [-0.2, -0.15) is 11.6 Å². The molecule has 0 fully saturated rings. The van der Waals surface area contributed by atoms with Gasteiger partial charge in [-0.25, -0.2) is 18.4 Å². The van der Waals surface area contributed by atoms with Crippen LogP contribution in [0.15, 0.2) is 38.0 Å². The van der Waals surface area contributed by atoms with Crippen LogP contribution in [0.3, 0.4) is 0 Å². The van der Waals surface area contributed by atoms with Crippen LogP contribution in [-0.2, 0) is 10.1 Å². The summed E-state index contributed by atoms with van der Waals surface area (Å²) in [7, 11) is -4.57. The van der Waals surface area contributed by atoms with Gasteiger partial charge in [0.2, 0.25) is 11.8 Å². The van der Waals surface area contributed by atoms with Gasteiger partial charge in [-0.15, -0.1) is 12.1 Å². The number of hydrogen-bond donors (Lipinski definition) is 0. The van der Waals surface area contributed by atoms with Gasteiger partial charge in [0.1, 0.15) is 15.6 Å². The summed E-state index contributed by atoms with van der Waals surface area (Å²) in [5.41, 5.74) is 3.29. The van der Waals surface area contributed by atoms with Crippen LogP contribution in [0.4, 0.5) is 0 Å². The van der Waals surface area contributed by atoms with Crippen molar-refractivity contribution in [3.8, 4) is 0 Å². The van der Waals surface area contributed by atoms with Crippen LogP contribution in [0.1, 0.15) is 22.9 Å². The van der Waals surface area contributed by atoms with E-state index in [-0.39, 0.29) is 75.5 Å². The summed E-state index contributed by atoms with van der Waals surface area (Å²) in [5.74, 6) is 0.616. The molecule has 2 heterocycles. The van der Waals surface area contributed by atoms with Gasteiger partial charge < -0.3 is 13.4 Å². The van der Waals surface area contributed by atoms with Gasteiger partial charge in [0.15, 0.2) is 5.58 Å². The zero-order chi connectivity index (χ0) is 18.5. The SMILES string of the molecule is Cc1[c-]cc2oc(C=Cc3nc4cc(C)c(S(=O)(=O)[O-])cc4o3)nc2c1.[Na+].[Na+]. The molecule has 0 radical (unpaired) electrons. The van der Waals surface area contributed by atoms with Crippen LogP contribution in [0.5, 0.6) is 0 Å². The third-order valence-corrected chi connectivity index (χ3v) is 4.80. The number of nitrogens with zero attached hydrogens (tertiary/aromatic N) is 2. The Kier molecular flexibility index (Phi) is 7.33. The average Bonchev–Trinajstić information content (AvgIpc) is 3.13. The Bertz CT molecular complexity index is 1290. The molecule has 0 aliphatic carbocycles. The first-order valence-electron chi connectivity index (χ1n) is 7.64. The van der Waals surface area contributed by atoms with Crippen molar-refractivity contribution in [3.05, 3.63) is 53.2 Å². The first-order valence-corrected chi connectivity index (χ1v) is 9.04. The minimum absolute atomic E-state index is 0. The van der Waals surface area contributed by atoms with Crippen LogP contribution in [-0.4, -0.2) is 22.9 Å². The molecular weight excluding hydrogens is 402 g/mol. The molecular formula is C18H12N2Na2O5S. The second-order valence-electron chi connectivity index (χ2n) is 5.84. The van der Waals surface area contributed by atoms with Crippen molar-refractivity contribution in [1.82, 2.24) is 9.97 Å². The molecule has 2 aromatic heterocycles. The maximum atomic E-state index is 11.3. The quantitative estimate of drug-likeness (QED) is 0.207. The summed E-state index contributed by atoms with van der Waals surface area (Å²) >= 11 is 0. The van der Waals surface area contributed by atoms with Crippen LogP contribution in [0, 0.1) is 19.9 Å². The summed E-state index contributed by atoms with van der Waals surface area (Å²) in [4.78, 5) is 8.28. The predicted octanol–water partition coefficient (Wildman–Crippen LogP) is -2.53. The second kappa shape index (κ2) is 8.81. The summed E-state index contributed by atoms with van der Waals surface area (Å²) in [6.07, 6.45) is 3.15. The molecule has 28 heavy (non-hydrogen) atoms. The Morgan fingerprint density at radius 3 is 2.14 bits per heavy atom. The molecule has 0 saturated carbocycles. The standard InChI is InChI=1S/C18H13N2O5S.2Na/c1-10-3-4-14-12(7-10)19-17(24-14)5-6-18-20-13-8-11(2)16(26(21,22)23)9-15(13)25-18;;/h4-9H,1-2H3,(H,21,22,23);;/q-1;2*+1/p-1. The van der Waals surface area contributed by atoms with Gasteiger partial charge in [-0.3, -0.25) is 0 Å². The first kappa shape index (κ1) is 23.3. The maximum absolute atomic E-state index is 11.3. The summed E-state index contributed by atoms with van der Waals surface area (Å²) in [5, 5.41) is 0. The molecule has 0 aliphatic rings. The zero-order valence-corrected chi connectivity index (χ0v) is 20.6. The minimum Gasteiger partial charge on any atom is -0.744 e. The van der Waals surface area contributed by atoms with Crippen molar-refractivity contribution in [3.63, 3.8) is 0 Å². The molecule has 0 amide bonds. The fourth-order valence-corrected chi connectivity index (χ4v) is 3.33. The third-order valence-electron chi connectivity index (χ3n) is 3.82. The number of oxazole rings is 2. The number of aryl methyl sites for hydroxylation is 2. The van der Waals surface area contributed by atoms with E-state index in [1.807, 2.05) is 13.0 Å². The van der Waals surface area contributed by atoms with E-state index in [0.717, 1.165) is 11.1 Å². The number of rotatable bonds is 3. The fourth-order valence-electron chi connectivity index (χ4n) is 2.63. The molecule has 4 aromatic rings. The molecule has 0 bridgehead atoms. The number of fused-ring (bicyclic) bond motifs is 2. The van der Waals surface area contributed by atoms with Crippen molar-refractivity contribution < 1.29 is 80.9 Å². The van der Waals surface area contributed by atoms with E-state index in [2.05, 4.69) is 16.0 Å². The van der Waals surface area contributed by atoms with Crippen LogP contribution < -0.4 is 59.1 Å². The number of aromatic nitrogens is 2. The smallest absolute Gasteiger partial charge is 0.744 e. The molecule has 4 rings (SSSR count). The van der Waals surface area contributed by atoms with Crippen LogP contribution >= 0.6 is 0 Å². The first-order chi connectivity index (χ1) is 12.3. The van der Waals surface area contributed by atoms with Crippen LogP contribution in [0.25, 0.3) is 34.4 Å². The number of hydrogen-bond acceptors (Lipinski definition) is 7. The van der Waals surface area contributed by atoms with E-state index in [0.29, 0.717) is 22.6 Å². The van der Waals surface area contributed by atoms with E-state index in [1.54, 1.807) is 18.2 Å². The van der Waals surface area contributed by atoms with E-state index >= 15 is 0 Å². The van der Waals surface area contributed by atoms with Crippen molar-refractivity contribution in [1.29, 1.82) is 0 Å². The van der Waals surface area contributed by atoms with E-state index in [1.165, 1.54) is 19.1 Å². The normalized spacial score (nSPS) is 11.7. The summed E-state index contributed by atoms with van der Waals surface area (Å²) in [6, 6.07) is 9.32. The minimum atomic E-state index is -4.57. The van der Waals surface area contributed by atoms with E-state index < -0.39 is 10.1 Å². The summed E-state index contributed by atoms with van der Waals surface area (Å²) < 4.78 is 44.9. The van der Waals surface area contributed by atoms with Gasteiger partial charge >= 0.3 is 59.1 Å². The molecule has 0 atom stereocenters. The monoisotopic (exact) mass is 414 g/mol. The van der Waals surface area contributed by atoms with E-state index in [9.17, 15) is 13.0 Å². The summed E-state index contributed by atoms with van der Waals surface area (Å²) in [6.45, 7) is 3.45. The third kappa shape index (κ3) is 4.77. The van der Waals surface area contributed by atoms with Gasteiger partial charge in [0.25, 0.3) is 0 Å². The Labute approximate surface area is 205 Å². The van der Waals surface area contributed by atoms with Gasteiger partial charge in [-0.05, 0) is 18.6 Å². The van der Waals surface area contributed by atoms with E-state index in [4.69, 9.17) is 8.83 Å². The molecule has 0 aliphatic heterocycles. The predicted molar refractivity (Wildman–Crippen MR) is 93.2 cm³/mol. The van der Waals surface area contributed by atoms with Gasteiger partial charge in [0.05, 0.1) is 4.90 Å². The Hall–Kier alpha value is -0.970. The fraction of sp³-hybridized carbons (Fsp3) is 0.111. The molecule has 0 N–H and O–H groups in total. The molecule has 132 valence electrons. The molecule has 2 aromatic carbocycles. The second-order valence-corrected chi connectivity index (χ2v) is 7.19. The number of benzene rings is 2. The Balaban J connectivity index is 0.00000140. The Morgan fingerprint density at radius 1 is 0.964 bits per heavy atom. The molecule has 10 heteroatoms. The zero-order valence-electron chi connectivity index (χ0n) is 15.8. The van der Waals surface area contributed by atoms with Crippen molar-refractivity contribution in [2.75, 3.05) is 0 Å². The van der Waals surface area contributed by atoms with Crippen molar-refractivity contribution >= 4 is 44.5 Å². The molecule has 0 unspecified atom stereocenters.